The summed E-state index contributed by atoms with van der Waals surface area (Å²) in [7, 11) is 0. The van der Waals surface area contributed by atoms with Crippen molar-refractivity contribution in [1.29, 1.82) is 0 Å². The second kappa shape index (κ2) is 10.8. The molecule has 0 aromatic heterocycles. The maximum absolute atomic E-state index is 12.8. The van der Waals surface area contributed by atoms with Crippen LogP contribution in [0.5, 0.6) is 0 Å². The van der Waals surface area contributed by atoms with E-state index in [0.717, 1.165) is 16.8 Å². The number of hydrogen-bond donors (Lipinski definition) is 4. The molecule has 0 radical (unpaired) electrons. The molecule has 0 aliphatic rings. The molecule has 6 nitrogen and oxygen atoms in total. The lowest BCUT2D eigenvalue weighted by Crippen LogP contribution is -2.37. The molecule has 0 bridgehead atoms. The fourth-order valence-electron chi connectivity index (χ4n) is 3.13. The summed E-state index contributed by atoms with van der Waals surface area (Å²) in [5.74, 6) is -0.376. The maximum Gasteiger partial charge on any atom is 0.248 e. The van der Waals surface area contributed by atoms with Crippen molar-refractivity contribution < 1.29 is 9.59 Å². The van der Waals surface area contributed by atoms with Crippen LogP contribution >= 0.6 is 0 Å². The molecule has 164 valence electrons. The largest absolute Gasteiger partial charge is 0.397 e. The lowest BCUT2D eigenvalue weighted by atomic mass is 10.0. The van der Waals surface area contributed by atoms with E-state index in [1.54, 1.807) is 18.2 Å². The highest BCUT2D eigenvalue weighted by Crippen LogP contribution is 2.21. The lowest BCUT2D eigenvalue weighted by molar-refractivity contribution is -0.122. The minimum absolute atomic E-state index is 0.0296. The van der Waals surface area contributed by atoms with Crippen molar-refractivity contribution in [2.45, 2.75) is 25.9 Å². The molecule has 6 heteroatoms. The van der Waals surface area contributed by atoms with E-state index in [4.69, 9.17) is 5.73 Å². The smallest absolute Gasteiger partial charge is 0.248 e. The van der Waals surface area contributed by atoms with Crippen molar-refractivity contribution in [2.75, 3.05) is 16.4 Å². The fourth-order valence-corrected chi connectivity index (χ4v) is 3.13. The third-order valence-corrected chi connectivity index (χ3v) is 4.69. The van der Waals surface area contributed by atoms with Crippen LogP contribution < -0.4 is 21.7 Å². The second-order valence-electron chi connectivity index (χ2n) is 7.68. The van der Waals surface area contributed by atoms with E-state index in [1.807, 2.05) is 80.6 Å². The third-order valence-electron chi connectivity index (χ3n) is 4.69. The highest BCUT2D eigenvalue weighted by atomic mass is 16.2. The fraction of sp³-hybridized carbons (Fsp3) is 0.154. The highest BCUT2D eigenvalue weighted by Gasteiger charge is 2.21. The molecule has 1 atom stereocenters. The number of anilines is 3. The van der Waals surface area contributed by atoms with Crippen molar-refractivity contribution in [2.24, 2.45) is 0 Å². The molecule has 1 unspecified atom stereocenters. The van der Waals surface area contributed by atoms with Crippen LogP contribution in [0, 0.1) is 0 Å². The van der Waals surface area contributed by atoms with Gasteiger partial charge in [-0.05, 0) is 55.3 Å². The summed E-state index contributed by atoms with van der Waals surface area (Å²) >= 11 is 0. The normalized spacial score (nSPS) is 11.8. The monoisotopic (exact) mass is 428 g/mol. The SMILES string of the molecule is CC(C)NC(=O)C(Nc1ccccc1)c1ccc(C=CC(=O)Nc2ccccc2N)cc1. The van der Waals surface area contributed by atoms with E-state index < -0.39 is 6.04 Å². The molecule has 0 saturated carbocycles. The van der Waals surface area contributed by atoms with Crippen LogP contribution in [-0.4, -0.2) is 17.9 Å². The molecule has 3 rings (SSSR count). The summed E-state index contributed by atoms with van der Waals surface area (Å²) in [6.07, 6.45) is 3.17. The van der Waals surface area contributed by atoms with E-state index in [0.29, 0.717) is 11.4 Å². The highest BCUT2D eigenvalue weighted by molar-refractivity contribution is 6.03. The Morgan fingerprint density at radius 1 is 0.875 bits per heavy atom. The van der Waals surface area contributed by atoms with E-state index >= 15 is 0 Å². The number of hydrogen-bond acceptors (Lipinski definition) is 4. The van der Waals surface area contributed by atoms with Gasteiger partial charge in [0.2, 0.25) is 11.8 Å². The third kappa shape index (κ3) is 6.47. The molecule has 0 heterocycles. The number of para-hydroxylation sites is 3. The summed E-state index contributed by atoms with van der Waals surface area (Å²) in [5.41, 5.74) is 9.46. The number of nitrogen functional groups attached to an aromatic ring is 1. The summed E-state index contributed by atoms with van der Waals surface area (Å²) in [5, 5.41) is 9.02. The van der Waals surface area contributed by atoms with Crippen LogP contribution in [0.15, 0.2) is 84.9 Å². The molecule has 0 fully saturated rings. The van der Waals surface area contributed by atoms with Gasteiger partial charge in [-0.3, -0.25) is 9.59 Å². The van der Waals surface area contributed by atoms with Crippen LogP contribution in [-0.2, 0) is 9.59 Å². The topological polar surface area (TPSA) is 96.2 Å². The van der Waals surface area contributed by atoms with E-state index in [2.05, 4.69) is 16.0 Å². The Kier molecular flexibility index (Phi) is 7.65. The zero-order chi connectivity index (χ0) is 22.9. The summed E-state index contributed by atoms with van der Waals surface area (Å²) in [4.78, 5) is 25.0. The number of benzene rings is 3. The van der Waals surface area contributed by atoms with Crippen LogP contribution in [0.4, 0.5) is 17.1 Å². The van der Waals surface area contributed by atoms with Crippen LogP contribution in [0.25, 0.3) is 6.08 Å². The number of carbonyl (C=O) groups is 2. The first kappa shape index (κ1) is 22.6. The minimum Gasteiger partial charge on any atom is -0.397 e. The first-order valence-corrected chi connectivity index (χ1v) is 10.5. The van der Waals surface area contributed by atoms with Gasteiger partial charge in [0.05, 0.1) is 11.4 Å². The standard InChI is InChI=1S/C26H28N4O2/c1-18(2)28-26(32)25(29-21-8-4-3-5-9-21)20-15-12-19(13-16-20)14-17-24(31)30-23-11-7-6-10-22(23)27/h3-18,25,29H,27H2,1-2H3,(H,28,32)(H,30,31). The minimum atomic E-state index is -0.540. The molecule has 0 aliphatic carbocycles. The quantitative estimate of drug-likeness (QED) is 0.311. The molecule has 0 spiro atoms. The van der Waals surface area contributed by atoms with Crippen LogP contribution in [0.2, 0.25) is 0 Å². The summed E-state index contributed by atoms with van der Waals surface area (Å²) in [6, 6.07) is 23.7. The average Bonchev–Trinajstić information content (AvgIpc) is 2.78. The number of carbonyl (C=O) groups excluding carboxylic acids is 2. The second-order valence-corrected chi connectivity index (χ2v) is 7.68. The average molecular weight is 429 g/mol. The molecule has 3 aromatic carbocycles. The molecular weight excluding hydrogens is 400 g/mol. The molecular formula is C26H28N4O2. The number of amides is 2. The Hall–Kier alpha value is -4.06. The van der Waals surface area contributed by atoms with Crippen molar-refractivity contribution in [3.63, 3.8) is 0 Å². The lowest BCUT2D eigenvalue weighted by Gasteiger charge is -2.21. The predicted molar refractivity (Wildman–Crippen MR) is 131 cm³/mol. The Morgan fingerprint density at radius 2 is 1.53 bits per heavy atom. The Morgan fingerprint density at radius 3 is 2.19 bits per heavy atom. The van der Waals surface area contributed by atoms with Gasteiger partial charge in [-0.1, -0.05) is 54.6 Å². The molecule has 5 N–H and O–H groups in total. The van der Waals surface area contributed by atoms with Crippen molar-refractivity contribution in [3.05, 3.63) is 96.1 Å². The van der Waals surface area contributed by atoms with Gasteiger partial charge in [0.1, 0.15) is 6.04 Å². The van der Waals surface area contributed by atoms with Gasteiger partial charge < -0.3 is 21.7 Å². The summed E-state index contributed by atoms with van der Waals surface area (Å²) in [6.45, 7) is 3.86. The predicted octanol–water partition coefficient (Wildman–Crippen LogP) is 4.60. The van der Waals surface area contributed by atoms with Crippen molar-refractivity contribution in [3.8, 4) is 0 Å². The molecule has 2 amide bonds. The summed E-state index contributed by atoms with van der Waals surface area (Å²) < 4.78 is 0. The van der Waals surface area contributed by atoms with Gasteiger partial charge in [-0.2, -0.15) is 0 Å². The number of nitrogens with one attached hydrogen (secondary N) is 3. The maximum atomic E-state index is 12.8. The zero-order valence-corrected chi connectivity index (χ0v) is 18.2. The molecule has 0 aliphatic heterocycles. The van der Waals surface area contributed by atoms with Crippen molar-refractivity contribution >= 4 is 35.0 Å². The van der Waals surface area contributed by atoms with Crippen molar-refractivity contribution in [1.82, 2.24) is 5.32 Å². The Labute approximate surface area is 188 Å². The van der Waals surface area contributed by atoms with Gasteiger partial charge in [0.15, 0.2) is 0 Å². The van der Waals surface area contributed by atoms with Gasteiger partial charge in [0, 0.05) is 17.8 Å². The Bertz CT molecular complexity index is 1080. The first-order chi connectivity index (χ1) is 15.4. The zero-order valence-electron chi connectivity index (χ0n) is 18.2. The molecule has 0 saturated heterocycles. The number of rotatable bonds is 8. The van der Waals surface area contributed by atoms with E-state index in [9.17, 15) is 9.59 Å². The van der Waals surface area contributed by atoms with E-state index in [-0.39, 0.29) is 17.9 Å². The van der Waals surface area contributed by atoms with Gasteiger partial charge in [-0.15, -0.1) is 0 Å². The molecule has 3 aromatic rings. The Balaban J connectivity index is 1.71. The van der Waals surface area contributed by atoms with Gasteiger partial charge in [-0.25, -0.2) is 0 Å². The molecule has 32 heavy (non-hydrogen) atoms. The van der Waals surface area contributed by atoms with E-state index in [1.165, 1.54) is 6.08 Å². The van der Waals surface area contributed by atoms with Crippen LogP contribution in [0.1, 0.15) is 31.0 Å². The first-order valence-electron chi connectivity index (χ1n) is 10.5. The van der Waals surface area contributed by atoms with Gasteiger partial charge >= 0.3 is 0 Å². The van der Waals surface area contributed by atoms with Gasteiger partial charge in [0.25, 0.3) is 0 Å². The van der Waals surface area contributed by atoms with Crippen LogP contribution in [0.3, 0.4) is 0 Å². The number of nitrogens with two attached hydrogens (primary N) is 1.